The van der Waals surface area contributed by atoms with Gasteiger partial charge in [0.1, 0.15) is 5.82 Å². The molecule has 0 fully saturated rings. The summed E-state index contributed by atoms with van der Waals surface area (Å²) >= 11 is 0. The molecule has 1 heterocycles. The van der Waals surface area contributed by atoms with E-state index in [1.807, 2.05) is 18.2 Å². The molecule has 0 saturated carbocycles. The van der Waals surface area contributed by atoms with E-state index in [0.717, 1.165) is 11.3 Å². The van der Waals surface area contributed by atoms with Crippen LogP contribution in [0, 0.1) is 5.82 Å². The molecule has 110 valence electrons. The van der Waals surface area contributed by atoms with Gasteiger partial charge in [-0.2, -0.15) is 0 Å². The molecule has 0 radical (unpaired) electrons. The highest BCUT2D eigenvalue weighted by Crippen LogP contribution is 2.33. The van der Waals surface area contributed by atoms with Crippen LogP contribution in [0.2, 0.25) is 0 Å². The van der Waals surface area contributed by atoms with Gasteiger partial charge in [-0.25, -0.2) is 4.39 Å². The molecule has 5 heteroatoms. The Morgan fingerprint density at radius 2 is 1.95 bits per heavy atom. The largest absolute Gasteiger partial charge is 0.454 e. The molecular weight excluding hydrogens is 273 g/mol. The molecule has 2 aromatic carbocycles. The monoisotopic (exact) mass is 289 g/mol. The molecule has 21 heavy (non-hydrogen) atoms. The van der Waals surface area contributed by atoms with Crippen LogP contribution < -0.4 is 15.2 Å². The molecule has 2 N–H and O–H groups in total. The average Bonchev–Trinajstić information content (AvgIpc) is 2.96. The second-order valence-corrected chi connectivity index (χ2v) is 4.83. The SMILES string of the molecule is NC(COCc1ccccc1F)c1ccc2c(c1)OCO2. The van der Waals surface area contributed by atoms with E-state index in [4.69, 9.17) is 19.9 Å². The fraction of sp³-hybridized carbons (Fsp3) is 0.250. The van der Waals surface area contributed by atoms with Crippen molar-refractivity contribution in [2.75, 3.05) is 13.4 Å². The maximum Gasteiger partial charge on any atom is 0.231 e. The second-order valence-electron chi connectivity index (χ2n) is 4.83. The van der Waals surface area contributed by atoms with Crippen LogP contribution in [0.3, 0.4) is 0 Å². The maximum absolute atomic E-state index is 13.4. The van der Waals surface area contributed by atoms with Crippen molar-refractivity contribution in [3.8, 4) is 11.5 Å². The van der Waals surface area contributed by atoms with Crippen molar-refractivity contribution in [1.82, 2.24) is 0 Å². The Morgan fingerprint density at radius 3 is 2.81 bits per heavy atom. The van der Waals surface area contributed by atoms with Gasteiger partial charge in [0.25, 0.3) is 0 Å². The summed E-state index contributed by atoms with van der Waals surface area (Å²) in [6, 6.07) is 11.8. The molecule has 1 unspecified atom stereocenters. The molecule has 0 aliphatic carbocycles. The normalized spacial score (nSPS) is 14.2. The van der Waals surface area contributed by atoms with Crippen molar-refractivity contribution in [2.45, 2.75) is 12.6 Å². The Morgan fingerprint density at radius 1 is 1.14 bits per heavy atom. The van der Waals surface area contributed by atoms with Crippen molar-refractivity contribution in [1.29, 1.82) is 0 Å². The van der Waals surface area contributed by atoms with Gasteiger partial charge in [-0.1, -0.05) is 24.3 Å². The summed E-state index contributed by atoms with van der Waals surface area (Å²) in [5.74, 6) is 1.14. The first-order chi connectivity index (χ1) is 10.2. The summed E-state index contributed by atoms with van der Waals surface area (Å²) in [6.07, 6.45) is 0. The van der Waals surface area contributed by atoms with Crippen molar-refractivity contribution in [3.05, 3.63) is 59.4 Å². The minimum absolute atomic E-state index is 0.199. The Labute approximate surface area is 122 Å². The summed E-state index contributed by atoms with van der Waals surface area (Å²) < 4.78 is 29.5. The van der Waals surface area contributed by atoms with E-state index in [9.17, 15) is 4.39 Å². The zero-order valence-electron chi connectivity index (χ0n) is 11.4. The topological polar surface area (TPSA) is 53.7 Å². The number of hydrogen-bond donors (Lipinski definition) is 1. The van der Waals surface area contributed by atoms with Gasteiger partial charge in [-0.3, -0.25) is 0 Å². The van der Waals surface area contributed by atoms with Gasteiger partial charge < -0.3 is 19.9 Å². The van der Waals surface area contributed by atoms with Crippen molar-refractivity contribution in [3.63, 3.8) is 0 Å². The van der Waals surface area contributed by atoms with E-state index in [1.165, 1.54) is 6.07 Å². The lowest BCUT2D eigenvalue weighted by atomic mass is 10.1. The van der Waals surface area contributed by atoms with Gasteiger partial charge in [-0.05, 0) is 23.8 Å². The van der Waals surface area contributed by atoms with Crippen LogP contribution in [-0.2, 0) is 11.3 Å². The van der Waals surface area contributed by atoms with Crippen LogP contribution in [0.5, 0.6) is 11.5 Å². The van der Waals surface area contributed by atoms with E-state index in [-0.39, 0.29) is 25.3 Å². The van der Waals surface area contributed by atoms with Crippen molar-refractivity contribution >= 4 is 0 Å². The molecular formula is C16H16FNO3. The lowest BCUT2D eigenvalue weighted by molar-refractivity contribution is 0.106. The predicted octanol–water partition coefficient (Wildman–Crippen LogP) is 2.77. The fourth-order valence-corrected chi connectivity index (χ4v) is 2.15. The number of rotatable bonds is 5. The summed E-state index contributed by atoms with van der Waals surface area (Å²) in [4.78, 5) is 0. The van der Waals surface area contributed by atoms with Crippen LogP contribution in [0.15, 0.2) is 42.5 Å². The molecule has 4 nitrogen and oxygen atoms in total. The van der Waals surface area contributed by atoms with Gasteiger partial charge in [0.05, 0.1) is 19.3 Å². The Hall–Kier alpha value is -2.11. The molecule has 1 atom stereocenters. The molecule has 0 amide bonds. The van der Waals surface area contributed by atoms with Crippen molar-refractivity contribution in [2.24, 2.45) is 5.73 Å². The molecule has 0 saturated heterocycles. The van der Waals surface area contributed by atoms with Crippen molar-refractivity contribution < 1.29 is 18.6 Å². The minimum Gasteiger partial charge on any atom is -0.454 e. The first-order valence-corrected chi connectivity index (χ1v) is 6.70. The number of benzene rings is 2. The summed E-state index contributed by atoms with van der Waals surface area (Å²) in [7, 11) is 0. The van der Waals surface area contributed by atoms with Gasteiger partial charge >= 0.3 is 0 Å². The number of nitrogens with two attached hydrogens (primary N) is 1. The molecule has 1 aliphatic heterocycles. The van der Waals surface area contributed by atoms with E-state index in [0.29, 0.717) is 17.9 Å². The highest BCUT2D eigenvalue weighted by molar-refractivity contribution is 5.45. The Bertz CT molecular complexity index is 633. The summed E-state index contributed by atoms with van der Waals surface area (Å²) in [5, 5.41) is 0. The Kier molecular flexibility index (Phi) is 4.03. The first-order valence-electron chi connectivity index (χ1n) is 6.70. The zero-order valence-corrected chi connectivity index (χ0v) is 11.4. The third kappa shape index (κ3) is 3.15. The van der Waals surface area contributed by atoms with E-state index in [2.05, 4.69) is 0 Å². The van der Waals surface area contributed by atoms with E-state index >= 15 is 0 Å². The average molecular weight is 289 g/mol. The summed E-state index contributed by atoms with van der Waals surface area (Å²) in [6.45, 7) is 0.733. The third-order valence-electron chi connectivity index (χ3n) is 3.34. The molecule has 0 spiro atoms. The molecule has 3 rings (SSSR count). The maximum atomic E-state index is 13.4. The first kappa shape index (κ1) is 13.9. The van der Waals surface area contributed by atoms with Gasteiger partial charge in [0, 0.05) is 5.56 Å². The quantitative estimate of drug-likeness (QED) is 0.919. The third-order valence-corrected chi connectivity index (χ3v) is 3.34. The number of fused-ring (bicyclic) bond motifs is 1. The molecule has 1 aliphatic rings. The van der Waals surface area contributed by atoms with Gasteiger partial charge in [-0.15, -0.1) is 0 Å². The highest BCUT2D eigenvalue weighted by atomic mass is 19.1. The smallest absolute Gasteiger partial charge is 0.231 e. The Balaban J connectivity index is 1.57. The highest BCUT2D eigenvalue weighted by Gasteiger charge is 2.16. The summed E-state index contributed by atoms with van der Waals surface area (Å²) in [5.41, 5.74) is 7.50. The predicted molar refractivity (Wildman–Crippen MR) is 75.5 cm³/mol. The van der Waals surface area contributed by atoms with Crippen LogP contribution in [0.25, 0.3) is 0 Å². The van der Waals surface area contributed by atoms with Crippen LogP contribution in [0.4, 0.5) is 4.39 Å². The number of halogens is 1. The lowest BCUT2D eigenvalue weighted by Crippen LogP contribution is -2.17. The van der Waals surface area contributed by atoms with Gasteiger partial charge in [0.15, 0.2) is 11.5 Å². The van der Waals surface area contributed by atoms with Crippen LogP contribution in [-0.4, -0.2) is 13.4 Å². The van der Waals surface area contributed by atoms with E-state index in [1.54, 1.807) is 18.2 Å². The second kappa shape index (κ2) is 6.11. The lowest BCUT2D eigenvalue weighted by Gasteiger charge is -2.13. The van der Waals surface area contributed by atoms with Gasteiger partial charge in [0.2, 0.25) is 6.79 Å². The number of ether oxygens (including phenoxy) is 3. The number of hydrogen-bond acceptors (Lipinski definition) is 4. The van der Waals surface area contributed by atoms with Crippen LogP contribution >= 0.6 is 0 Å². The molecule has 0 aromatic heterocycles. The standard InChI is InChI=1S/C16H16FNO3/c17-13-4-2-1-3-12(13)8-19-9-14(18)11-5-6-15-16(7-11)21-10-20-15/h1-7,14H,8-10,18H2. The van der Waals surface area contributed by atoms with Crippen LogP contribution in [0.1, 0.15) is 17.2 Å². The molecule has 0 bridgehead atoms. The molecule has 2 aromatic rings. The minimum atomic E-state index is -0.300. The zero-order chi connectivity index (χ0) is 14.7. The van der Waals surface area contributed by atoms with E-state index < -0.39 is 0 Å². The fourth-order valence-electron chi connectivity index (χ4n) is 2.15.